The number of hydrogen-bond donors (Lipinski definition) is 1. The molecule has 0 saturated heterocycles. The lowest BCUT2D eigenvalue weighted by Crippen LogP contribution is -2.04. The van der Waals surface area contributed by atoms with Gasteiger partial charge >= 0.3 is 0 Å². The van der Waals surface area contributed by atoms with Crippen molar-refractivity contribution in [1.29, 1.82) is 0 Å². The summed E-state index contributed by atoms with van der Waals surface area (Å²) in [4.78, 5) is 0. The number of aromatic nitrogens is 2. The molecule has 1 aromatic heterocycles. The highest BCUT2D eigenvalue weighted by Crippen LogP contribution is 2.36. The lowest BCUT2D eigenvalue weighted by Gasteiger charge is -2.08. The summed E-state index contributed by atoms with van der Waals surface area (Å²) in [6.45, 7) is 0.957. The SMILES string of the molecule is Brc1ccccc1-n1nc(-c2ccc3ccccc3c2)c2c1NCC2. The second-order valence-corrected chi connectivity index (χ2v) is 7.13. The summed E-state index contributed by atoms with van der Waals surface area (Å²) in [5, 5.41) is 11.0. The van der Waals surface area contributed by atoms with Crippen LogP contribution < -0.4 is 5.32 Å². The molecule has 0 saturated carbocycles. The van der Waals surface area contributed by atoms with Gasteiger partial charge in [0.2, 0.25) is 0 Å². The molecule has 3 aromatic carbocycles. The van der Waals surface area contributed by atoms with Crippen LogP contribution in [0.2, 0.25) is 0 Å². The van der Waals surface area contributed by atoms with E-state index in [2.05, 4.69) is 69.8 Å². The number of fused-ring (bicyclic) bond motifs is 2. The number of benzene rings is 3. The van der Waals surface area contributed by atoms with Crippen molar-refractivity contribution < 1.29 is 0 Å². The number of anilines is 1. The van der Waals surface area contributed by atoms with Gasteiger partial charge in [-0.15, -0.1) is 0 Å². The van der Waals surface area contributed by atoms with Gasteiger partial charge < -0.3 is 5.32 Å². The second-order valence-electron chi connectivity index (χ2n) is 6.28. The molecular weight excluding hydrogens is 374 g/mol. The van der Waals surface area contributed by atoms with Crippen LogP contribution in [0.1, 0.15) is 5.56 Å². The fourth-order valence-electron chi connectivity index (χ4n) is 3.54. The molecule has 0 fully saturated rings. The summed E-state index contributed by atoms with van der Waals surface area (Å²) in [6.07, 6.45) is 1.00. The van der Waals surface area contributed by atoms with Crippen molar-refractivity contribution in [2.24, 2.45) is 0 Å². The van der Waals surface area contributed by atoms with Gasteiger partial charge in [-0.2, -0.15) is 5.10 Å². The third kappa shape index (κ3) is 2.36. The number of para-hydroxylation sites is 1. The lowest BCUT2D eigenvalue weighted by atomic mass is 10.0. The van der Waals surface area contributed by atoms with Crippen molar-refractivity contribution in [3.8, 4) is 16.9 Å². The standard InChI is InChI=1S/C21H16BrN3/c22-18-7-3-4-8-19(18)25-21-17(11-12-23-21)20(24-25)16-10-9-14-5-1-2-6-15(14)13-16/h1-10,13,23H,11-12H2. The fraction of sp³-hybridized carbons (Fsp3) is 0.0952. The van der Waals surface area contributed by atoms with Crippen LogP contribution in [0.5, 0.6) is 0 Å². The van der Waals surface area contributed by atoms with E-state index in [1.807, 2.05) is 22.9 Å². The van der Waals surface area contributed by atoms with E-state index in [1.165, 1.54) is 21.9 Å². The highest BCUT2D eigenvalue weighted by molar-refractivity contribution is 9.10. The van der Waals surface area contributed by atoms with E-state index < -0.39 is 0 Å². The highest BCUT2D eigenvalue weighted by atomic mass is 79.9. The first kappa shape index (κ1) is 14.7. The Hall–Kier alpha value is -2.59. The second kappa shape index (κ2) is 5.74. The van der Waals surface area contributed by atoms with Crippen molar-refractivity contribution in [2.75, 3.05) is 11.9 Å². The van der Waals surface area contributed by atoms with E-state index in [1.54, 1.807) is 0 Å². The Kier molecular flexibility index (Phi) is 3.38. The molecule has 122 valence electrons. The molecule has 0 spiro atoms. The molecule has 1 N–H and O–H groups in total. The minimum Gasteiger partial charge on any atom is -0.369 e. The van der Waals surface area contributed by atoms with Crippen molar-refractivity contribution in [2.45, 2.75) is 6.42 Å². The molecule has 25 heavy (non-hydrogen) atoms. The van der Waals surface area contributed by atoms with Crippen LogP contribution in [0, 0.1) is 0 Å². The summed E-state index contributed by atoms with van der Waals surface area (Å²) < 4.78 is 3.07. The van der Waals surface area contributed by atoms with Crippen LogP contribution in [-0.4, -0.2) is 16.3 Å². The molecule has 3 nitrogen and oxygen atoms in total. The predicted molar refractivity (Wildman–Crippen MR) is 106 cm³/mol. The third-order valence-electron chi connectivity index (χ3n) is 4.75. The molecule has 5 rings (SSSR count). The number of nitrogens with zero attached hydrogens (tertiary/aromatic N) is 2. The molecule has 0 aliphatic carbocycles. The van der Waals surface area contributed by atoms with E-state index in [0.717, 1.165) is 34.6 Å². The van der Waals surface area contributed by atoms with Gasteiger partial charge in [0.25, 0.3) is 0 Å². The van der Waals surface area contributed by atoms with Crippen LogP contribution in [0.15, 0.2) is 71.2 Å². The highest BCUT2D eigenvalue weighted by Gasteiger charge is 2.24. The molecule has 2 heterocycles. The summed E-state index contributed by atoms with van der Waals surface area (Å²) in [5.74, 6) is 1.11. The molecule has 0 radical (unpaired) electrons. The third-order valence-corrected chi connectivity index (χ3v) is 5.43. The average Bonchev–Trinajstić information content (AvgIpc) is 3.25. The maximum atomic E-state index is 4.96. The van der Waals surface area contributed by atoms with E-state index in [4.69, 9.17) is 5.10 Å². The van der Waals surface area contributed by atoms with E-state index >= 15 is 0 Å². The summed E-state index contributed by atoms with van der Waals surface area (Å²) >= 11 is 3.65. The van der Waals surface area contributed by atoms with Gasteiger partial charge in [-0.3, -0.25) is 0 Å². The van der Waals surface area contributed by atoms with Gasteiger partial charge in [-0.25, -0.2) is 4.68 Å². The van der Waals surface area contributed by atoms with Gasteiger partial charge in [-0.05, 0) is 51.3 Å². The molecule has 0 amide bonds. The van der Waals surface area contributed by atoms with Crippen LogP contribution in [0.3, 0.4) is 0 Å². The van der Waals surface area contributed by atoms with E-state index in [-0.39, 0.29) is 0 Å². The van der Waals surface area contributed by atoms with Crippen LogP contribution in [0.4, 0.5) is 5.82 Å². The normalized spacial score (nSPS) is 13.0. The van der Waals surface area contributed by atoms with Crippen LogP contribution in [0.25, 0.3) is 27.7 Å². The summed E-state index contributed by atoms with van der Waals surface area (Å²) in [7, 11) is 0. The zero-order valence-corrected chi connectivity index (χ0v) is 15.1. The predicted octanol–water partition coefficient (Wildman–Crippen LogP) is 5.42. The molecule has 0 unspecified atom stereocenters. The van der Waals surface area contributed by atoms with Crippen LogP contribution in [-0.2, 0) is 6.42 Å². The Morgan fingerprint density at radius 1 is 0.920 bits per heavy atom. The first-order valence-electron chi connectivity index (χ1n) is 8.41. The molecular formula is C21H16BrN3. The summed E-state index contributed by atoms with van der Waals surface area (Å²) in [6, 6.07) is 23.2. The lowest BCUT2D eigenvalue weighted by molar-refractivity contribution is 0.878. The Bertz CT molecular complexity index is 1100. The Morgan fingerprint density at radius 2 is 1.72 bits per heavy atom. The van der Waals surface area contributed by atoms with Gasteiger partial charge in [0.05, 0.1) is 11.4 Å². The van der Waals surface area contributed by atoms with Crippen molar-refractivity contribution >= 4 is 32.5 Å². The molecule has 1 aliphatic heterocycles. The van der Waals surface area contributed by atoms with E-state index in [0.29, 0.717) is 0 Å². The summed E-state index contributed by atoms with van der Waals surface area (Å²) in [5.41, 5.74) is 4.59. The molecule has 1 aliphatic rings. The smallest absolute Gasteiger partial charge is 0.133 e. The van der Waals surface area contributed by atoms with Crippen molar-refractivity contribution in [1.82, 2.24) is 9.78 Å². The Balaban J connectivity index is 1.72. The molecule has 0 bridgehead atoms. The minimum atomic E-state index is 0.957. The number of rotatable bonds is 2. The number of nitrogens with one attached hydrogen (secondary N) is 1. The zero-order valence-electron chi connectivity index (χ0n) is 13.5. The van der Waals surface area contributed by atoms with Crippen molar-refractivity contribution in [3.63, 3.8) is 0 Å². The number of halogens is 1. The molecule has 0 atom stereocenters. The minimum absolute atomic E-state index is 0.957. The number of hydrogen-bond acceptors (Lipinski definition) is 2. The first-order chi connectivity index (χ1) is 12.3. The zero-order chi connectivity index (χ0) is 16.8. The van der Waals surface area contributed by atoms with Crippen LogP contribution >= 0.6 is 15.9 Å². The Labute approximate surface area is 154 Å². The topological polar surface area (TPSA) is 29.9 Å². The average molecular weight is 390 g/mol. The molecule has 4 heteroatoms. The van der Waals surface area contributed by atoms with Gasteiger partial charge in [0.1, 0.15) is 5.82 Å². The van der Waals surface area contributed by atoms with Gasteiger partial charge in [-0.1, -0.05) is 48.5 Å². The van der Waals surface area contributed by atoms with E-state index in [9.17, 15) is 0 Å². The quantitative estimate of drug-likeness (QED) is 0.495. The molecule has 4 aromatic rings. The van der Waals surface area contributed by atoms with Gasteiger partial charge in [0.15, 0.2) is 0 Å². The van der Waals surface area contributed by atoms with Gasteiger partial charge in [0, 0.05) is 22.1 Å². The first-order valence-corrected chi connectivity index (χ1v) is 9.20. The largest absolute Gasteiger partial charge is 0.369 e. The Morgan fingerprint density at radius 3 is 2.60 bits per heavy atom. The maximum absolute atomic E-state index is 4.96. The monoisotopic (exact) mass is 389 g/mol. The fourth-order valence-corrected chi connectivity index (χ4v) is 3.99. The van der Waals surface area contributed by atoms with Crippen molar-refractivity contribution in [3.05, 3.63) is 76.8 Å². The maximum Gasteiger partial charge on any atom is 0.133 e.